The highest BCUT2D eigenvalue weighted by Crippen LogP contribution is 2.29. The van der Waals surface area contributed by atoms with E-state index in [0.29, 0.717) is 11.3 Å². The minimum absolute atomic E-state index is 0.0502. The van der Waals surface area contributed by atoms with Gasteiger partial charge in [-0.1, -0.05) is 36.4 Å². The third-order valence-electron chi connectivity index (χ3n) is 4.69. The molecule has 132 valence electrons. The van der Waals surface area contributed by atoms with E-state index < -0.39 is 5.63 Å². The fourth-order valence-corrected chi connectivity index (χ4v) is 3.10. The van der Waals surface area contributed by atoms with Gasteiger partial charge in [0.25, 0.3) is 5.91 Å². The van der Waals surface area contributed by atoms with E-state index in [2.05, 4.69) is 5.27 Å². The summed E-state index contributed by atoms with van der Waals surface area (Å²) < 4.78 is 6.60. The van der Waals surface area contributed by atoms with Crippen LogP contribution in [0.15, 0.2) is 63.9 Å². The minimum Gasteiger partial charge on any atom is -0.325 e. The Kier molecular flexibility index (Phi) is 4.16. The van der Waals surface area contributed by atoms with E-state index in [1.54, 1.807) is 9.58 Å². The van der Waals surface area contributed by atoms with Crippen LogP contribution in [0.4, 0.5) is 0 Å². The first-order chi connectivity index (χ1) is 12.6. The summed E-state index contributed by atoms with van der Waals surface area (Å²) in [5, 5.41) is 2.64. The molecule has 1 saturated carbocycles. The zero-order valence-corrected chi connectivity index (χ0v) is 14.5. The van der Waals surface area contributed by atoms with Crippen LogP contribution in [0, 0.1) is 6.92 Å². The lowest BCUT2D eigenvalue weighted by molar-refractivity contribution is -0.678. The molecule has 1 heterocycles. The predicted molar refractivity (Wildman–Crippen MR) is 94.9 cm³/mol. The largest absolute Gasteiger partial charge is 0.432 e. The molecule has 6 nitrogen and oxygen atoms in total. The molecular weight excluding hydrogens is 330 g/mol. The highest BCUT2D eigenvalue weighted by Gasteiger charge is 2.37. The topological polar surface area (TPSA) is 70.2 Å². The van der Waals surface area contributed by atoms with E-state index in [9.17, 15) is 9.59 Å². The normalized spacial score (nSPS) is 13.6. The molecule has 1 amide bonds. The summed E-state index contributed by atoms with van der Waals surface area (Å²) in [4.78, 5) is 27.1. The molecule has 1 fully saturated rings. The molecule has 0 radical (unpaired) electrons. The molecule has 2 aromatic carbocycles. The van der Waals surface area contributed by atoms with Gasteiger partial charge in [0.2, 0.25) is 5.69 Å². The first-order valence-corrected chi connectivity index (χ1v) is 8.69. The smallest absolute Gasteiger partial charge is 0.325 e. The van der Waals surface area contributed by atoms with Crippen molar-refractivity contribution in [3.05, 3.63) is 81.8 Å². The maximum absolute atomic E-state index is 13.1. The van der Waals surface area contributed by atoms with Crippen LogP contribution < -0.4 is 10.3 Å². The van der Waals surface area contributed by atoms with Crippen molar-refractivity contribution in [3.63, 3.8) is 0 Å². The van der Waals surface area contributed by atoms with E-state index in [1.165, 1.54) is 0 Å². The van der Waals surface area contributed by atoms with Gasteiger partial charge in [-0.2, -0.15) is 0 Å². The number of H-pyrrole nitrogens is 1. The summed E-state index contributed by atoms with van der Waals surface area (Å²) in [5.41, 5.74) is 2.33. The molecule has 0 aliphatic heterocycles. The van der Waals surface area contributed by atoms with Crippen LogP contribution in [0.25, 0.3) is 5.69 Å². The van der Waals surface area contributed by atoms with Gasteiger partial charge in [-0.3, -0.25) is 9.32 Å². The van der Waals surface area contributed by atoms with Crippen molar-refractivity contribution in [2.75, 3.05) is 0 Å². The summed E-state index contributed by atoms with van der Waals surface area (Å²) in [5.74, 6) is -0.0502. The Morgan fingerprint density at radius 2 is 1.85 bits per heavy atom. The molecule has 1 aromatic heterocycles. The van der Waals surface area contributed by atoms with Crippen LogP contribution in [-0.4, -0.2) is 22.1 Å². The van der Waals surface area contributed by atoms with Crippen molar-refractivity contribution in [1.29, 1.82) is 0 Å². The monoisotopic (exact) mass is 350 g/mol. The molecule has 0 bridgehead atoms. The van der Waals surface area contributed by atoms with Crippen LogP contribution in [-0.2, 0) is 6.54 Å². The first kappa shape index (κ1) is 16.3. The minimum atomic E-state index is -0.461. The third kappa shape index (κ3) is 3.06. The number of benzene rings is 2. The van der Waals surface area contributed by atoms with Crippen LogP contribution >= 0.6 is 0 Å². The van der Waals surface area contributed by atoms with Gasteiger partial charge in [0.1, 0.15) is 6.54 Å². The van der Waals surface area contributed by atoms with Crippen LogP contribution in [0.2, 0.25) is 0 Å². The second-order valence-corrected chi connectivity index (χ2v) is 6.58. The Labute approximate surface area is 150 Å². The number of carbonyl (C=O) groups is 1. The lowest BCUT2D eigenvalue weighted by Crippen LogP contribution is -2.44. The van der Waals surface area contributed by atoms with E-state index >= 15 is 0 Å². The zero-order chi connectivity index (χ0) is 18.1. The third-order valence-corrected chi connectivity index (χ3v) is 4.69. The standard InChI is InChI=1S/C20H19N3O3/c1-14-7-5-6-10-17(14)19(24)22(15-11-12-15)13-18-20(25)26-21-23(18)16-8-3-2-4-9-16/h2-10,15H,11-13H2,1H3/p+1. The molecule has 1 aliphatic rings. The molecule has 4 rings (SSSR count). The van der Waals surface area contributed by atoms with Crippen molar-refractivity contribution in [1.82, 2.24) is 10.2 Å². The average Bonchev–Trinajstić information content (AvgIpc) is 3.44. The molecular formula is C20H20N3O3+. The molecule has 1 aliphatic carbocycles. The second kappa shape index (κ2) is 6.63. The van der Waals surface area contributed by atoms with Gasteiger partial charge in [-0.25, -0.2) is 4.79 Å². The van der Waals surface area contributed by atoms with Crippen molar-refractivity contribution in [3.8, 4) is 5.69 Å². The lowest BCUT2D eigenvalue weighted by atomic mass is 10.1. The van der Waals surface area contributed by atoms with E-state index in [1.807, 2.05) is 61.5 Å². The fourth-order valence-electron chi connectivity index (χ4n) is 3.10. The van der Waals surface area contributed by atoms with E-state index in [4.69, 9.17) is 4.52 Å². The van der Waals surface area contributed by atoms with Gasteiger partial charge in [-0.15, -0.1) is 0 Å². The number of rotatable bonds is 5. The highest BCUT2D eigenvalue weighted by atomic mass is 16.5. The summed E-state index contributed by atoms with van der Waals surface area (Å²) in [6.07, 6.45) is 1.91. The predicted octanol–water partition coefficient (Wildman–Crippen LogP) is 2.36. The van der Waals surface area contributed by atoms with Gasteiger partial charge >= 0.3 is 11.3 Å². The maximum Gasteiger partial charge on any atom is 0.432 e. The molecule has 3 aromatic rings. The number of hydrogen-bond acceptors (Lipinski definition) is 3. The Morgan fingerprint density at radius 1 is 1.15 bits per heavy atom. The number of para-hydroxylation sites is 1. The summed E-state index contributed by atoms with van der Waals surface area (Å²) in [6, 6.07) is 17.1. The average molecular weight is 350 g/mol. The lowest BCUT2D eigenvalue weighted by Gasteiger charge is -2.21. The number of aryl methyl sites for hydroxylation is 1. The number of aromatic amines is 1. The fraction of sp³-hybridized carbons (Fsp3) is 0.250. The number of aromatic nitrogens is 2. The quantitative estimate of drug-likeness (QED) is 0.718. The Hall–Kier alpha value is -3.15. The van der Waals surface area contributed by atoms with Crippen molar-refractivity contribution >= 4 is 5.91 Å². The van der Waals surface area contributed by atoms with Crippen LogP contribution in [0.1, 0.15) is 34.5 Å². The van der Waals surface area contributed by atoms with Crippen LogP contribution in [0.5, 0.6) is 0 Å². The Bertz CT molecular complexity index is 987. The summed E-state index contributed by atoms with van der Waals surface area (Å²) in [7, 11) is 0. The molecule has 6 heteroatoms. The van der Waals surface area contributed by atoms with Crippen LogP contribution in [0.3, 0.4) is 0 Å². The Balaban J connectivity index is 1.69. The summed E-state index contributed by atoms with van der Waals surface area (Å²) >= 11 is 0. The van der Waals surface area contributed by atoms with Gasteiger partial charge in [0.15, 0.2) is 0 Å². The van der Waals surface area contributed by atoms with Crippen molar-refractivity contribution in [2.45, 2.75) is 32.4 Å². The van der Waals surface area contributed by atoms with Crippen molar-refractivity contribution in [2.24, 2.45) is 0 Å². The number of nitrogens with zero attached hydrogens (tertiary/aromatic N) is 2. The summed E-state index contributed by atoms with van der Waals surface area (Å²) in [6.45, 7) is 2.13. The first-order valence-electron chi connectivity index (χ1n) is 8.69. The molecule has 0 unspecified atom stereocenters. The Morgan fingerprint density at radius 3 is 2.54 bits per heavy atom. The number of carbonyl (C=O) groups excluding carboxylic acids is 1. The number of hydrogen-bond donors (Lipinski definition) is 1. The molecule has 0 spiro atoms. The maximum atomic E-state index is 13.1. The SMILES string of the molecule is Cc1ccccc1C(=O)N(Cc1c(=O)o[nH][n+]1-c1ccccc1)C1CC1. The molecule has 1 N–H and O–H groups in total. The number of amides is 1. The molecule has 26 heavy (non-hydrogen) atoms. The molecule has 0 saturated heterocycles. The number of nitrogens with one attached hydrogen (secondary N) is 1. The van der Waals surface area contributed by atoms with Gasteiger partial charge in [0, 0.05) is 23.7 Å². The van der Waals surface area contributed by atoms with Gasteiger partial charge in [-0.05, 0) is 41.3 Å². The highest BCUT2D eigenvalue weighted by molar-refractivity contribution is 5.95. The zero-order valence-electron chi connectivity index (χ0n) is 14.5. The van der Waals surface area contributed by atoms with Gasteiger partial charge in [0.05, 0.1) is 0 Å². The molecule has 0 atom stereocenters. The van der Waals surface area contributed by atoms with E-state index in [0.717, 1.165) is 24.1 Å². The van der Waals surface area contributed by atoms with Gasteiger partial charge < -0.3 is 4.90 Å². The van der Waals surface area contributed by atoms with E-state index in [-0.39, 0.29) is 18.5 Å². The second-order valence-electron chi connectivity index (χ2n) is 6.58. The van der Waals surface area contributed by atoms with Crippen molar-refractivity contribution < 1.29 is 14.0 Å².